The van der Waals surface area contributed by atoms with Crippen molar-refractivity contribution in [3.63, 3.8) is 0 Å². The predicted octanol–water partition coefficient (Wildman–Crippen LogP) is 7.47. The fourth-order valence-corrected chi connectivity index (χ4v) is 4.86. The van der Waals surface area contributed by atoms with Gasteiger partial charge in [-0.05, 0) is 71.6 Å². The number of thioether (sulfide) groups is 1. The van der Waals surface area contributed by atoms with E-state index in [1.54, 1.807) is 6.08 Å². The summed E-state index contributed by atoms with van der Waals surface area (Å²) in [6, 6.07) is 21.0. The van der Waals surface area contributed by atoms with Crippen LogP contribution in [0.3, 0.4) is 0 Å². The second-order valence-corrected chi connectivity index (χ2v) is 10.2. The number of imide groups is 1. The number of halogens is 1. The SMILES string of the molecule is Cc1ccc(C(C)C)c(OCCN2C(=O)S/C(=C\c3cccc(OCc4ccccc4Cl)c3)C2=O)c1. The molecule has 0 spiro atoms. The highest BCUT2D eigenvalue weighted by atomic mass is 35.5. The molecule has 0 radical (unpaired) electrons. The highest BCUT2D eigenvalue weighted by molar-refractivity contribution is 8.18. The molecule has 3 aromatic rings. The second kappa shape index (κ2) is 11.7. The molecule has 5 nitrogen and oxygen atoms in total. The summed E-state index contributed by atoms with van der Waals surface area (Å²) in [6.07, 6.45) is 1.71. The Morgan fingerprint density at radius 1 is 1.00 bits per heavy atom. The number of amides is 2. The molecule has 3 aromatic carbocycles. The quantitative estimate of drug-likeness (QED) is 0.273. The minimum absolute atomic E-state index is 0.189. The van der Waals surface area contributed by atoms with Gasteiger partial charge in [-0.25, -0.2) is 0 Å². The minimum Gasteiger partial charge on any atom is -0.491 e. The molecule has 1 saturated heterocycles. The number of benzene rings is 3. The third-order valence-corrected chi connectivity index (χ3v) is 7.02. The zero-order valence-electron chi connectivity index (χ0n) is 20.5. The van der Waals surface area contributed by atoms with Crippen molar-refractivity contribution >= 4 is 40.6 Å². The van der Waals surface area contributed by atoms with Gasteiger partial charge in [0.15, 0.2) is 0 Å². The summed E-state index contributed by atoms with van der Waals surface area (Å²) in [5.74, 6) is 1.44. The van der Waals surface area contributed by atoms with Crippen molar-refractivity contribution in [1.82, 2.24) is 4.90 Å². The largest absolute Gasteiger partial charge is 0.491 e. The fraction of sp³-hybridized carbons (Fsp3) is 0.241. The van der Waals surface area contributed by atoms with E-state index in [0.717, 1.165) is 39.8 Å². The molecule has 0 saturated carbocycles. The Kier molecular flexibility index (Phi) is 8.39. The summed E-state index contributed by atoms with van der Waals surface area (Å²) >= 11 is 7.14. The van der Waals surface area contributed by atoms with Crippen LogP contribution in [-0.4, -0.2) is 29.2 Å². The summed E-state index contributed by atoms with van der Waals surface area (Å²) in [4.78, 5) is 27.1. The van der Waals surface area contributed by atoms with Gasteiger partial charge >= 0.3 is 0 Å². The Hall–Kier alpha value is -3.22. The van der Waals surface area contributed by atoms with Crippen LogP contribution in [0.25, 0.3) is 6.08 Å². The van der Waals surface area contributed by atoms with Gasteiger partial charge in [0.2, 0.25) is 0 Å². The average Bonchev–Trinajstić information content (AvgIpc) is 3.11. The van der Waals surface area contributed by atoms with Crippen molar-refractivity contribution in [2.24, 2.45) is 0 Å². The molecule has 4 rings (SSSR count). The van der Waals surface area contributed by atoms with Crippen LogP contribution in [0.15, 0.2) is 71.6 Å². The fourth-order valence-electron chi connectivity index (χ4n) is 3.81. The summed E-state index contributed by atoms with van der Waals surface area (Å²) in [7, 11) is 0. The van der Waals surface area contributed by atoms with Crippen molar-refractivity contribution in [1.29, 1.82) is 0 Å². The number of nitrogens with zero attached hydrogens (tertiary/aromatic N) is 1. The standard InChI is InChI=1S/C29H28ClNO4S/c1-19(2)24-12-11-20(3)15-26(24)34-14-13-31-28(32)27(36-29(31)33)17-21-7-6-9-23(16-21)35-18-22-8-4-5-10-25(22)30/h4-12,15-17,19H,13-14,18H2,1-3H3/b27-17-. The summed E-state index contributed by atoms with van der Waals surface area (Å²) in [6.45, 7) is 6.98. The third kappa shape index (κ3) is 6.31. The highest BCUT2D eigenvalue weighted by Gasteiger charge is 2.34. The highest BCUT2D eigenvalue weighted by Crippen LogP contribution is 2.33. The van der Waals surface area contributed by atoms with Crippen LogP contribution in [0, 0.1) is 6.92 Å². The van der Waals surface area contributed by atoms with Crippen LogP contribution in [0.5, 0.6) is 11.5 Å². The third-order valence-electron chi connectivity index (χ3n) is 5.75. The van der Waals surface area contributed by atoms with E-state index in [4.69, 9.17) is 21.1 Å². The van der Waals surface area contributed by atoms with Gasteiger partial charge in [-0.2, -0.15) is 0 Å². The van der Waals surface area contributed by atoms with E-state index in [0.29, 0.717) is 28.2 Å². The molecule has 1 heterocycles. The number of hydrogen-bond donors (Lipinski definition) is 0. The van der Waals surface area contributed by atoms with Crippen molar-refractivity contribution in [2.45, 2.75) is 33.3 Å². The molecule has 186 valence electrons. The summed E-state index contributed by atoms with van der Waals surface area (Å²) < 4.78 is 11.9. The summed E-state index contributed by atoms with van der Waals surface area (Å²) in [5, 5.41) is 0.350. The molecule has 0 atom stereocenters. The van der Waals surface area contributed by atoms with Gasteiger partial charge in [0, 0.05) is 10.6 Å². The monoisotopic (exact) mass is 521 g/mol. The molecule has 0 unspecified atom stereocenters. The van der Waals surface area contributed by atoms with E-state index in [-0.39, 0.29) is 24.3 Å². The first-order valence-corrected chi connectivity index (χ1v) is 13.0. The summed E-state index contributed by atoms with van der Waals surface area (Å²) in [5.41, 5.74) is 3.86. The van der Waals surface area contributed by atoms with Gasteiger partial charge in [-0.15, -0.1) is 0 Å². The van der Waals surface area contributed by atoms with Crippen molar-refractivity contribution in [3.8, 4) is 11.5 Å². The molecule has 36 heavy (non-hydrogen) atoms. The molecule has 0 aliphatic carbocycles. The molecule has 7 heteroatoms. The average molecular weight is 522 g/mol. The van der Waals surface area contributed by atoms with Crippen LogP contribution in [0.2, 0.25) is 5.02 Å². The van der Waals surface area contributed by atoms with Crippen molar-refractivity contribution in [3.05, 3.63) is 98.9 Å². The molecule has 0 aromatic heterocycles. The Bertz CT molecular complexity index is 1300. The first-order chi connectivity index (χ1) is 17.3. The molecule has 0 bridgehead atoms. The first-order valence-electron chi connectivity index (χ1n) is 11.8. The zero-order valence-corrected chi connectivity index (χ0v) is 22.1. The second-order valence-electron chi connectivity index (χ2n) is 8.83. The number of aryl methyl sites for hydroxylation is 1. The van der Waals surface area contributed by atoms with Gasteiger partial charge < -0.3 is 9.47 Å². The maximum Gasteiger partial charge on any atom is 0.293 e. The number of carbonyl (C=O) groups is 2. The van der Waals surface area contributed by atoms with Crippen LogP contribution in [0.4, 0.5) is 4.79 Å². The molecule has 1 aliphatic rings. The lowest BCUT2D eigenvalue weighted by molar-refractivity contribution is -0.123. The minimum atomic E-state index is -0.315. The molecule has 2 amide bonds. The first kappa shape index (κ1) is 25.9. The molecule has 0 N–H and O–H groups in total. The topological polar surface area (TPSA) is 55.8 Å². The molecular weight excluding hydrogens is 494 g/mol. The number of ether oxygens (including phenoxy) is 2. The number of rotatable bonds is 9. The normalized spacial score (nSPS) is 14.7. The van der Waals surface area contributed by atoms with E-state index in [1.165, 1.54) is 4.90 Å². The Morgan fingerprint density at radius 2 is 1.81 bits per heavy atom. The van der Waals surface area contributed by atoms with Crippen LogP contribution in [-0.2, 0) is 11.4 Å². The lowest BCUT2D eigenvalue weighted by Crippen LogP contribution is -2.32. The number of hydrogen-bond acceptors (Lipinski definition) is 5. The Labute approximate surface area is 221 Å². The smallest absolute Gasteiger partial charge is 0.293 e. The van der Waals surface area contributed by atoms with Gasteiger partial charge in [-0.1, -0.05) is 67.9 Å². The van der Waals surface area contributed by atoms with E-state index in [9.17, 15) is 9.59 Å². The Balaban J connectivity index is 1.39. The van der Waals surface area contributed by atoms with E-state index < -0.39 is 0 Å². The van der Waals surface area contributed by atoms with Crippen LogP contribution < -0.4 is 9.47 Å². The van der Waals surface area contributed by atoms with Crippen LogP contribution in [0.1, 0.15) is 42.0 Å². The van der Waals surface area contributed by atoms with E-state index >= 15 is 0 Å². The molecule has 1 aliphatic heterocycles. The Morgan fingerprint density at radius 3 is 2.58 bits per heavy atom. The van der Waals surface area contributed by atoms with Gasteiger partial charge in [-0.3, -0.25) is 14.5 Å². The van der Waals surface area contributed by atoms with Gasteiger partial charge in [0.1, 0.15) is 24.7 Å². The van der Waals surface area contributed by atoms with Gasteiger partial charge in [0.25, 0.3) is 11.1 Å². The molecule has 1 fully saturated rings. The van der Waals surface area contributed by atoms with Crippen LogP contribution >= 0.6 is 23.4 Å². The molecular formula is C29H28ClNO4S. The van der Waals surface area contributed by atoms with E-state index in [1.807, 2.05) is 61.5 Å². The maximum atomic E-state index is 12.9. The number of carbonyl (C=O) groups excluding carboxylic acids is 2. The van der Waals surface area contributed by atoms with E-state index in [2.05, 4.69) is 26.0 Å². The zero-order chi connectivity index (χ0) is 25.7. The van der Waals surface area contributed by atoms with Crippen molar-refractivity contribution in [2.75, 3.05) is 13.2 Å². The predicted molar refractivity (Wildman–Crippen MR) is 146 cm³/mol. The van der Waals surface area contributed by atoms with Crippen molar-refractivity contribution < 1.29 is 19.1 Å². The van der Waals surface area contributed by atoms with Gasteiger partial charge in [0.05, 0.1) is 11.4 Å². The maximum absolute atomic E-state index is 12.9. The lowest BCUT2D eigenvalue weighted by atomic mass is 10.0. The lowest BCUT2D eigenvalue weighted by Gasteiger charge is -2.17.